The van der Waals surface area contributed by atoms with Crippen LogP contribution in [-0.4, -0.2) is 31.0 Å². The first-order chi connectivity index (χ1) is 13.9. The van der Waals surface area contributed by atoms with Crippen LogP contribution in [0.5, 0.6) is 5.75 Å². The highest BCUT2D eigenvalue weighted by Crippen LogP contribution is 2.25. The summed E-state index contributed by atoms with van der Waals surface area (Å²) in [6.07, 6.45) is 0. The van der Waals surface area contributed by atoms with Gasteiger partial charge in [-0.25, -0.2) is 4.79 Å². The minimum absolute atomic E-state index is 0.0272. The van der Waals surface area contributed by atoms with Crippen LogP contribution in [0.4, 0.5) is 0 Å². The third-order valence-corrected chi connectivity index (χ3v) is 4.14. The van der Waals surface area contributed by atoms with E-state index in [1.54, 1.807) is 43.3 Å². The average Bonchev–Trinajstić information content (AvgIpc) is 3.07. The fourth-order valence-electron chi connectivity index (χ4n) is 2.46. The molecule has 0 aliphatic carbocycles. The molecule has 9 heteroatoms. The number of halogens is 1. The molecule has 1 aromatic heterocycles. The molecular weight excluding hydrogens is 400 g/mol. The molecule has 0 radical (unpaired) electrons. The normalized spacial score (nSPS) is 10.4. The molecule has 2 N–H and O–H groups in total. The van der Waals surface area contributed by atoms with E-state index >= 15 is 0 Å². The molecule has 3 aromatic rings. The number of esters is 1. The summed E-state index contributed by atoms with van der Waals surface area (Å²) in [7, 11) is 0. The monoisotopic (exact) mass is 416 g/mol. The second-order valence-corrected chi connectivity index (χ2v) is 6.40. The lowest BCUT2D eigenvalue weighted by Gasteiger charge is -2.09. The first-order valence-electron chi connectivity index (χ1n) is 8.55. The summed E-state index contributed by atoms with van der Waals surface area (Å²) < 4.78 is 15.6. The molecule has 0 aliphatic heterocycles. The van der Waals surface area contributed by atoms with Crippen LogP contribution in [0.15, 0.2) is 52.9 Å². The summed E-state index contributed by atoms with van der Waals surface area (Å²) >= 11 is 5.76. The lowest BCUT2D eigenvalue weighted by atomic mass is 10.1. The van der Waals surface area contributed by atoms with Gasteiger partial charge in [-0.1, -0.05) is 29.8 Å². The second kappa shape index (κ2) is 9.11. The van der Waals surface area contributed by atoms with Crippen LogP contribution in [0, 0.1) is 6.92 Å². The van der Waals surface area contributed by atoms with Crippen molar-refractivity contribution in [3.63, 3.8) is 0 Å². The molecule has 0 bridgehead atoms. The van der Waals surface area contributed by atoms with Crippen LogP contribution >= 0.6 is 11.6 Å². The number of carbonyl (C=O) groups is 3. The van der Waals surface area contributed by atoms with Crippen LogP contribution in [-0.2, 0) is 14.3 Å². The number of rotatable bonds is 6. The first-order valence-corrected chi connectivity index (χ1v) is 8.93. The van der Waals surface area contributed by atoms with E-state index in [4.69, 9.17) is 25.5 Å². The SMILES string of the molecule is Cc1c(C(=O)OCC(=O)NNC(=O)COc2ccc(Cl)cc2)oc2ccccc12. The zero-order chi connectivity index (χ0) is 20.8. The Hall–Kier alpha value is -3.52. The molecule has 0 aliphatic rings. The number of hydrogen-bond donors (Lipinski definition) is 2. The number of fused-ring (bicyclic) bond motifs is 1. The first kappa shape index (κ1) is 20.2. The molecule has 2 amide bonds. The highest BCUT2D eigenvalue weighted by Gasteiger charge is 2.19. The number of furan rings is 1. The van der Waals surface area contributed by atoms with Gasteiger partial charge < -0.3 is 13.9 Å². The highest BCUT2D eigenvalue weighted by atomic mass is 35.5. The van der Waals surface area contributed by atoms with Crippen molar-refractivity contribution in [2.24, 2.45) is 0 Å². The third-order valence-electron chi connectivity index (χ3n) is 3.89. The summed E-state index contributed by atoms with van der Waals surface area (Å²) in [5.74, 6) is -1.60. The topological polar surface area (TPSA) is 107 Å². The Labute approximate surface area is 170 Å². The average molecular weight is 417 g/mol. The molecule has 0 spiro atoms. The molecule has 150 valence electrons. The molecule has 1 heterocycles. The van der Waals surface area contributed by atoms with Crippen molar-refractivity contribution in [1.29, 1.82) is 0 Å². The maximum Gasteiger partial charge on any atom is 0.375 e. The summed E-state index contributed by atoms with van der Waals surface area (Å²) in [5, 5.41) is 1.33. The summed E-state index contributed by atoms with van der Waals surface area (Å²) in [6.45, 7) is 0.816. The van der Waals surface area contributed by atoms with Crippen molar-refractivity contribution >= 4 is 40.4 Å². The number of hydrazine groups is 1. The summed E-state index contributed by atoms with van der Waals surface area (Å²) in [4.78, 5) is 35.6. The van der Waals surface area contributed by atoms with Crippen LogP contribution in [0.3, 0.4) is 0 Å². The van der Waals surface area contributed by atoms with Gasteiger partial charge in [-0.3, -0.25) is 20.4 Å². The molecule has 0 atom stereocenters. The van der Waals surface area contributed by atoms with Crippen molar-refractivity contribution in [2.75, 3.05) is 13.2 Å². The molecule has 29 heavy (non-hydrogen) atoms. The van der Waals surface area contributed by atoms with Gasteiger partial charge in [0.1, 0.15) is 11.3 Å². The number of nitrogens with one attached hydrogen (secondary N) is 2. The van der Waals surface area contributed by atoms with Gasteiger partial charge in [0.2, 0.25) is 5.76 Å². The largest absolute Gasteiger partial charge is 0.484 e. The Bertz CT molecular complexity index is 1040. The fourth-order valence-corrected chi connectivity index (χ4v) is 2.58. The van der Waals surface area contributed by atoms with Crippen molar-refractivity contribution < 1.29 is 28.3 Å². The molecule has 2 aromatic carbocycles. The number of amides is 2. The predicted molar refractivity (Wildman–Crippen MR) is 104 cm³/mol. The predicted octanol–water partition coefficient (Wildman–Crippen LogP) is 2.78. The van der Waals surface area contributed by atoms with Crippen LogP contribution < -0.4 is 15.6 Å². The van der Waals surface area contributed by atoms with E-state index < -0.39 is 24.4 Å². The lowest BCUT2D eigenvalue weighted by Crippen LogP contribution is -2.45. The van der Waals surface area contributed by atoms with Crippen molar-refractivity contribution in [3.05, 3.63) is 64.9 Å². The van der Waals surface area contributed by atoms with E-state index in [1.807, 2.05) is 12.1 Å². The van der Waals surface area contributed by atoms with Gasteiger partial charge in [0.25, 0.3) is 11.8 Å². The van der Waals surface area contributed by atoms with Gasteiger partial charge >= 0.3 is 5.97 Å². The van der Waals surface area contributed by atoms with Gasteiger partial charge in [-0.2, -0.15) is 0 Å². The quantitative estimate of drug-likeness (QED) is 0.472. The molecule has 0 fully saturated rings. The highest BCUT2D eigenvalue weighted by molar-refractivity contribution is 6.30. The molecule has 3 rings (SSSR count). The maximum atomic E-state index is 12.1. The van der Waals surface area contributed by atoms with Crippen molar-refractivity contribution in [3.8, 4) is 5.75 Å². The fraction of sp³-hybridized carbons (Fsp3) is 0.150. The van der Waals surface area contributed by atoms with E-state index in [9.17, 15) is 14.4 Å². The van der Waals surface area contributed by atoms with Crippen LogP contribution in [0.25, 0.3) is 11.0 Å². The number of hydrogen-bond acceptors (Lipinski definition) is 6. The van der Waals surface area contributed by atoms with E-state index in [2.05, 4.69) is 10.9 Å². The van der Waals surface area contributed by atoms with Gasteiger partial charge in [0.05, 0.1) is 0 Å². The number of ether oxygens (including phenoxy) is 2. The smallest absolute Gasteiger partial charge is 0.375 e. The van der Waals surface area contributed by atoms with Gasteiger partial charge in [-0.15, -0.1) is 0 Å². The minimum Gasteiger partial charge on any atom is -0.484 e. The Morgan fingerprint density at radius 3 is 2.31 bits per heavy atom. The molecular formula is C20H17ClN2O6. The van der Waals surface area contributed by atoms with Crippen molar-refractivity contribution in [2.45, 2.75) is 6.92 Å². The zero-order valence-corrected chi connectivity index (χ0v) is 16.1. The summed E-state index contributed by atoms with van der Waals surface area (Å²) in [5.41, 5.74) is 5.46. The maximum absolute atomic E-state index is 12.1. The van der Waals surface area contributed by atoms with Crippen LogP contribution in [0.2, 0.25) is 5.02 Å². The van der Waals surface area contributed by atoms with E-state index in [0.717, 1.165) is 5.39 Å². The Morgan fingerprint density at radius 2 is 1.62 bits per heavy atom. The third kappa shape index (κ3) is 5.26. The number of benzene rings is 2. The van der Waals surface area contributed by atoms with Gasteiger partial charge in [-0.05, 0) is 37.3 Å². The Balaban J connectivity index is 1.42. The number of para-hydroxylation sites is 1. The van der Waals surface area contributed by atoms with Gasteiger partial charge in [0.15, 0.2) is 13.2 Å². The minimum atomic E-state index is -0.772. The van der Waals surface area contributed by atoms with Crippen LogP contribution in [0.1, 0.15) is 16.1 Å². The molecule has 0 saturated heterocycles. The lowest BCUT2D eigenvalue weighted by molar-refractivity contribution is -0.131. The zero-order valence-electron chi connectivity index (χ0n) is 15.4. The molecule has 0 saturated carbocycles. The Kier molecular flexibility index (Phi) is 6.36. The van der Waals surface area contributed by atoms with E-state index in [0.29, 0.717) is 21.9 Å². The van der Waals surface area contributed by atoms with Gasteiger partial charge in [0, 0.05) is 16.0 Å². The number of aryl methyl sites for hydroxylation is 1. The second-order valence-electron chi connectivity index (χ2n) is 5.97. The summed E-state index contributed by atoms with van der Waals surface area (Å²) in [6, 6.07) is 13.6. The van der Waals surface area contributed by atoms with E-state index in [1.165, 1.54) is 0 Å². The standard InChI is InChI=1S/C20H17ClN2O6/c1-12-15-4-2-3-5-16(15)29-19(12)20(26)28-11-18(25)23-22-17(24)10-27-14-8-6-13(21)7-9-14/h2-9H,10-11H2,1H3,(H,22,24)(H,23,25). The molecule has 8 nitrogen and oxygen atoms in total. The Morgan fingerprint density at radius 1 is 0.966 bits per heavy atom. The van der Waals surface area contributed by atoms with Crippen molar-refractivity contribution in [1.82, 2.24) is 10.9 Å². The number of carbonyl (C=O) groups excluding carboxylic acids is 3. The molecule has 0 unspecified atom stereocenters. The van der Waals surface area contributed by atoms with E-state index in [-0.39, 0.29) is 12.4 Å².